The van der Waals surface area contributed by atoms with E-state index in [4.69, 9.17) is 0 Å². The topological polar surface area (TPSA) is 76.0 Å². The van der Waals surface area contributed by atoms with Crippen LogP contribution in [0.2, 0.25) is 0 Å². The molecular formula is C18H24N4O2. The summed E-state index contributed by atoms with van der Waals surface area (Å²) in [6.45, 7) is 8.08. The number of nitrogens with one attached hydrogen (secondary N) is 2. The van der Waals surface area contributed by atoms with Crippen LogP contribution in [0.5, 0.6) is 0 Å². The van der Waals surface area contributed by atoms with Crippen LogP contribution < -0.4 is 10.6 Å². The van der Waals surface area contributed by atoms with Gasteiger partial charge in [0, 0.05) is 13.6 Å². The fourth-order valence-corrected chi connectivity index (χ4v) is 2.55. The standard InChI is InChI=1S/C18H24N4O2/c1-11-7-6-8-15(9-11)12(2)10-19-17(23)18(24)20-16-13(3)21-22(5)14(16)4/h6-9,12H,10H2,1-5H3,(H,19,23)(H,20,24)/t12-/m1/s1. The maximum absolute atomic E-state index is 12.1. The van der Waals surface area contributed by atoms with Crippen molar-refractivity contribution < 1.29 is 9.59 Å². The summed E-state index contributed by atoms with van der Waals surface area (Å²) in [5.41, 5.74) is 4.39. The van der Waals surface area contributed by atoms with Crippen molar-refractivity contribution in [1.29, 1.82) is 0 Å². The zero-order chi connectivity index (χ0) is 17.9. The molecule has 1 atom stereocenters. The van der Waals surface area contributed by atoms with E-state index in [9.17, 15) is 9.59 Å². The van der Waals surface area contributed by atoms with Crippen LogP contribution in [0, 0.1) is 20.8 Å². The lowest BCUT2D eigenvalue weighted by atomic mass is 9.99. The molecule has 2 rings (SSSR count). The van der Waals surface area contributed by atoms with Gasteiger partial charge in [-0.05, 0) is 32.3 Å². The summed E-state index contributed by atoms with van der Waals surface area (Å²) in [5, 5.41) is 9.54. The SMILES string of the molecule is Cc1cccc([C@H](C)CNC(=O)C(=O)Nc2c(C)nn(C)c2C)c1. The summed E-state index contributed by atoms with van der Waals surface area (Å²) in [5.74, 6) is -1.19. The number of nitrogens with zero attached hydrogens (tertiary/aromatic N) is 2. The number of hydrogen-bond acceptors (Lipinski definition) is 3. The number of hydrogen-bond donors (Lipinski definition) is 2. The Morgan fingerprint density at radius 2 is 1.92 bits per heavy atom. The molecule has 0 aliphatic rings. The minimum absolute atomic E-state index is 0.128. The van der Waals surface area contributed by atoms with Gasteiger partial charge in [0.05, 0.1) is 17.1 Å². The van der Waals surface area contributed by atoms with Crippen LogP contribution in [0.3, 0.4) is 0 Å². The number of benzene rings is 1. The van der Waals surface area contributed by atoms with Crippen molar-refractivity contribution in [2.24, 2.45) is 7.05 Å². The largest absolute Gasteiger partial charge is 0.347 e. The maximum atomic E-state index is 12.1. The molecule has 0 unspecified atom stereocenters. The second-order valence-electron chi connectivity index (χ2n) is 6.15. The summed E-state index contributed by atoms with van der Waals surface area (Å²) in [6, 6.07) is 8.12. The van der Waals surface area contributed by atoms with E-state index in [-0.39, 0.29) is 5.92 Å². The van der Waals surface area contributed by atoms with Crippen molar-refractivity contribution in [1.82, 2.24) is 15.1 Å². The molecule has 6 heteroatoms. The average Bonchev–Trinajstić information content (AvgIpc) is 2.78. The van der Waals surface area contributed by atoms with E-state index < -0.39 is 11.8 Å². The molecule has 2 N–H and O–H groups in total. The van der Waals surface area contributed by atoms with Crippen LogP contribution in [0.1, 0.15) is 35.4 Å². The molecule has 0 bridgehead atoms. The van der Waals surface area contributed by atoms with Gasteiger partial charge in [0.25, 0.3) is 0 Å². The van der Waals surface area contributed by atoms with Gasteiger partial charge in [-0.25, -0.2) is 0 Å². The second kappa shape index (κ2) is 7.29. The molecule has 1 aromatic heterocycles. The van der Waals surface area contributed by atoms with Crippen molar-refractivity contribution in [3.8, 4) is 0 Å². The Kier molecular flexibility index (Phi) is 5.39. The van der Waals surface area contributed by atoms with Gasteiger partial charge < -0.3 is 10.6 Å². The van der Waals surface area contributed by atoms with Crippen molar-refractivity contribution in [3.05, 3.63) is 46.8 Å². The molecule has 24 heavy (non-hydrogen) atoms. The Hall–Kier alpha value is -2.63. The third kappa shape index (κ3) is 4.01. The predicted molar refractivity (Wildman–Crippen MR) is 93.9 cm³/mol. The molecule has 0 aliphatic carbocycles. The van der Waals surface area contributed by atoms with E-state index in [1.54, 1.807) is 18.7 Å². The fraction of sp³-hybridized carbons (Fsp3) is 0.389. The summed E-state index contributed by atoms with van der Waals surface area (Å²) in [7, 11) is 1.79. The molecule has 6 nitrogen and oxygen atoms in total. The number of carbonyl (C=O) groups excluding carboxylic acids is 2. The van der Waals surface area contributed by atoms with E-state index in [2.05, 4.69) is 21.8 Å². The normalized spacial score (nSPS) is 11.9. The lowest BCUT2D eigenvalue weighted by molar-refractivity contribution is -0.136. The van der Waals surface area contributed by atoms with E-state index in [1.165, 1.54) is 5.56 Å². The first kappa shape index (κ1) is 17.7. The number of carbonyl (C=O) groups is 2. The number of rotatable bonds is 4. The second-order valence-corrected chi connectivity index (χ2v) is 6.15. The van der Waals surface area contributed by atoms with Crippen LogP contribution in [-0.2, 0) is 16.6 Å². The molecule has 1 aromatic carbocycles. The highest BCUT2D eigenvalue weighted by atomic mass is 16.2. The third-order valence-electron chi connectivity index (χ3n) is 4.13. The summed E-state index contributed by atoms with van der Waals surface area (Å²) in [6.07, 6.45) is 0. The molecule has 0 saturated carbocycles. The van der Waals surface area contributed by atoms with Gasteiger partial charge in [0.1, 0.15) is 0 Å². The maximum Gasteiger partial charge on any atom is 0.313 e. The summed E-state index contributed by atoms with van der Waals surface area (Å²) in [4.78, 5) is 24.1. The van der Waals surface area contributed by atoms with Crippen LogP contribution in [0.25, 0.3) is 0 Å². The average molecular weight is 328 g/mol. The minimum atomic E-state index is -0.675. The van der Waals surface area contributed by atoms with Crippen LogP contribution in [0.4, 0.5) is 5.69 Å². The van der Waals surface area contributed by atoms with Gasteiger partial charge in [-0.15, -0.1) is 0 Å². The van der Waals surface area contributed by atoms with Crippen LogP contribution in [0.15, 0.2) is 24.3 Å². The van der Waals surface area contributed by atoms with Crippen molar-refractivity contribution in [2.45, 2.75) is 33.6 Å². The van der Waals surface area contributed by atoms with Gasteiger partial charge in [0.15, 0.2) is 0 Å². The number of aryl methyl sites for hydroxylation is 3. The first-order chi connectivity index (χ1) is 11.3. The molecule has 0 spiro atoms. The Morgan fingerprint density at radius 1 is 1.21 bits per heavy atom. The van der Waals surface area contributed by atoms with E-state index in [1.807, 2.05) is 39.0 Å². The molecule has 1 heterocycles. The smallest absolute Gasteiger partial charge is 0.313 e. The van der Waals surface area contributed by atoms with E-state index in [0.29, 0.717) is 17.9 Å². The lowest BCUT2D eigenvalue weighted by Crippen LogP contribution is -2.37. The predicted octanol–water partition coefficient (Wildman–Crippen LogP) is 2.20. The van der Waals surface area contributed by atoms with Gasteiger partial charge in [-0.1, -0.05) is 36.8 Å². The number of amides is 2. The first-order valence-electron chi connectivity index (χ1n) is 7.95. The molecule has 2 amide bonds. The molecule has 0 aliphatic heterocycles. The van der Waals surface area contributed by atoms with Crippen LogP contribution >= 0.6 is 0 Å². The molecular weight excluding hydrogens is 304 g/mol. The summed E-state index contributed by atoms with van der Waals surface area (Å²) >= 11 is 0. The Morgan fingerprint density at radius 3 is 2.50 bits per heavy atom. The van der Waals surface area contributed by atoms with Crippen LogP contribution in [-0.4, -0.2) is 28.1 Å². The first-order valence-corrected chi connectivity index (χ1v) is 7.95. The Bertz CT molecular complexity index is 764. The Labute approximate surface area is 142 Å². The molecule has 0 saturated heterocycles. The van der Waals surface area contributed by atoms with Crippen molar-refractivity contribution >= 4 is 17.5 Å². The van der Waals surface area contributed by atoms with Crippen molar-refractivity contribution in [2.75, 3.05) is 11.9 Å². The van der Waals surface area contributed by atoms with E-state index >= 15 is 0 Å². The highest BCUT2D eigenvalue weighted by Crippen LogP contribution is 2.18. The summed E-state index contributed by atoms with van der Waals surface area (Å²) < 4.78 is 1.67. The minimum Gasteiger partial charge on any atom is -0.347 e. The van der Waals surface area contributed by atoms with Gasteiger partial charge in [0.2, 0.25) is 0 Å². The highest BCUT2D eigenvalue weighted by molar-refractivity contribution is 6.39. The monoisotopic (exact) mass is 328 g/mol. The molecule has 0 fully saturated rings. The van der Waals surface area contributed by atoms with Gasteiger partial charge >= 0.3 is 11.8 Å². The lowest BCUT2D eigenvalue weighted by Gasteiger charge is -2.13. The molecule has 0 radical (unpaired) electrons. The quantitative estimate of drug-likeness (QED) is 0.845. The zero-order valence-electron chi connectivity index (χ0n) is 14.8. The number of anilines is 1. The van der Waals surface area contributed by atoms with Gasteiger partial charge in [-0.2, -0.15) is 5.10 Å². The zero-order valence-corrected chi connectivity index (χ0v) is 14.8. The molecule has 2 aromatic rings. The van der Waals surface area contributed by atoms with Crippen molar-refractivity contribution in [3.63, 3.8) is 0 Å². The fourth-order valence-electron chi connectivity index (χ4n) is 2.55. The molecule has 128 valence electrons. The highest BCUT2D eigenvalue weighted by Gasteiger charge is 2.19. The van der Waals surface area contributed by atoms with E-state index in [0.717, 1.165) is 11.3 Å². The Balaban J connectivity index is 1.93. The van der Waals surface area contributed by atoms with Gasteiger partial charge in [-0.3, -0.25) is 14.3 Å². The number of aromatic nitrogens is 2. The third-order valence-corrected chi connectivity index (χ3v) is 4.13.